The maximum atomic E-state index is 6.38. The van der Waals surface area contributed by atoms with E-state index in [1.807, 2.05) is 18.2 Å². The van der Waals surface area contributed by atoms with Gasteiger partial charge in [0, 0.05) is 28.7 Å². The number of likely N-dealkylation sites (tertiary alicyclic amines) is 1. The van der Waals surface area contributed by atoms with Gasteiger partial charge in [-0.3, -0.25) is 4.90 Å². The zero-order valence-corrected chi connectivity index (χ0v) is 13.6. The van der Waals surface area contributed by atoms with Crippen LogP contribution in [0.25, 0.3) is 0 Å². The number of rotatable bonds is 3. The van der Waals surface area contributed by atoms with Crippen molar-refractivity contribution in [3.8, 4) is 0 Å². The van der Waals surface area contributed by atoms with Gasteiger partial charge < -0.3 is 5.32 Å². The van der Waals surface area contributed by atoms with Crippen molar-refractivity contribution in [3.05, 3.63) is 33.8 Å². The molecule has 0 radical (unpaired) electrons. The summed E-state index contributed by atoms with van der Waals surface area (Å²) in [6.07, 6.45) is 1.20. The van der Waals surface area contributed by atoms with Crippen molar-refractivity contribution < 1.29 is 0 Å². The number of nitrogens with one attached hydrogen (secondary N) is 1. The molecular formula is C16H22Cl2N2. The van der Waals surface area contributed by atoms with E-state index in [2.05, 4.69) is 24.1 Å². The predicted molar refractivity (Wildman–Crippen MR) is 85.5 cm³/mol. The van der Waals surface area contributed by atoms with Crippen LogP contribution in [0.2, 0.25) is 10.0 Å². The molecule has 4 heteroatoms. The molecule has 0 spiro atoms. The van der Waals surface area contributed by atoms with Crippen LogP contribution < -0.4 is 5.32 Å². The molecule has 2 saturated heterocycles. The Labute approximate surface area is 131 Å². The summed E-state index contributed by atoms with van der Waals surface area (Å²) in [5.74, 6) is 1.58. The second-order valence-corrected chi connectivity index (χ2v) is 6.94. The lowest BCUT2D eigenvalue weighted by Gasteiger charge is -2.33. The molecule has 0 aromatic heterocycles. The monoisotopic (exact) mass is 312 g/mol. The van der Waals surface area contributed by atoms with E-state index in [4.69, 9.17) is 23.2 Å². The Morgan fingerprint density at radius 3 is 2.90 bits per heavy atom. The molecule has 3 rings (SSSR count). The van der Waals surface area contributed by atoms with Crippen molar-refractivity contribution in [1.29, 1.82) is 0 Å². The topological polar surface area (TPSA) is 15.3 Å². The Kier molecular flexibility index (Phi) is 4.28. The van der Waals surface area contributed by atoms with Crippen molar-refractivity contribution in [2.45, 2.75) is 32.4 Å². The summed E-state index contributed by atoms with van der Waals surface area (Å²) in [4.78, 5) is 2.63. The third-order valence-electron chi connectivity index (χ3n) is 5.08. The molecule has 2 heterocycles. The molecule has 0 bridgehead atoms. The van der Waals surface area contributed by atoms with E-state index in [0.717, 1.165) is 40.5 Å². The molecule has 1 N–H and O–H groups in total. The molecule has 2 nitrogen and oxygen atoms in total. The first kappa shape index (κ1) is 14.6. The summed E-state index contributed by atoms with van der Waals surface area (Å²) in [6.45, 7) is 8.04. The highest BCUT2D eigenvalue weighted by Crippen LogP contribution is 2.41. The quantitative estimate of drug-likeness (QED) is 0.908. The van der Waals surface area contributed by atoms with Crippen molar-refractivity contribution >= 4 is 23.2 Å². The molecule has 4 atom stereocenters. The van der Waals surface area contributed by atoms with E-state index in [-0.39, 0.29) is 0 Å². The van der Waals surface area contributed by atoms with E-state index in [1.165, 1.54) is 13.0 Å². The van der Waals surface area contributed by atoms with Crippen LogP contribution in [0.3, 0.4) is 0 Å². The van der Waals surface area contributed by atoms with Gasteiger partial charge in [0.1, 0.15) is 0 Å². The van der Waals surface area contributed by atoms with Gasteiger partial charge in [0.25, 0.3) is 0 Å². The largest absolute Gasteiger partial charge is 0.316 e. The van der Waals surface area contributed by atoms with E-state index >= 15 is 0 Å². The first-order valence-corrected chi connectivity index (χ1v) is 8.28. The number of nitrogens with zero attached hydrogens (tertiary/aromatic N) is 1. The number of fused-ring (bicyclic) bond motifs is 1. The fraction of sp³-hybridized carbons (Fsp3) is 0.625. The van der Waals surface area contributed by atoms with Gasteiger partial charge in [-0.15, -0.1) is 0 Å². The number of benzene rings is 1. The van der Waals surface area contributed by atoms with Crippen molar-refractivity contribution in [2.24, 2.45) is 11.8 Å². The normalized spacial score (nSPS) is 31.5. The smallest absolute Gasteiger partial charge is 0.0454 e. The van der Waals surface area contributed by atoms with Gasteiger partial charge in [0.05, 0.1) is 0 Å². The second kappa shape index (κ2) is 5.84. The van der Waals surface area contributed by atoms with Gasteiger partial charge in [0.15, 0.2) is 0 Å². The minimum atomic E-state index is 0.330. The summed E-state index contributed by atoms with van der Waals surface area (Å²) < 4.78 is 0. The maximum absolute atomic E-state index is 6.38. The summed E-state index contributed by atoms with van der Waals surface area (Å²) in [7, 11) is 0. The molecule has 2 aliphatic rings. The van der Waals surface area contributed by atoms with E-state index < -0.39 is 0 Å². The van der Waals surface area contributed by atoms with E-state index in [9.17, 15) is 0 Å². The highest BCUT2D eigenvalue weighted by atomic mass is 35.5. The Bertz CT molecular complexity index is 491. The molecule has 0 saturated carbocycles. The Hall–Kier alpha value is -0.280. The lowest BCUT2D eigenvalue weighted by Crippen LogP contribution is -2.37. The maximum Gasteiger partial charge on any atom is 0.0454 e. The standard InChI is InChI=1S/C16H22Cl2N2/c1-3-16-14-8-19-7-11(14)9-20(16)10(2)13-6-12(17)4-5-15(13)18/h4-6,10-11,14,16,19H,3,7-9H2,1-2H3. The lowest BCUT2D eigenvalue weighted by molar-refractivity contribution is 0.165. The first-order chi connectivity index (χ1) is 9.61. The molecule has 4 unspecified atom stereocenters. The highest BCUT2D eigenvalue weighted by molar-refractivity contribution is 6.33. The average Bonchev–Trinajstić information content (AvgIpc) is 3.00. The summed E-state index contributed by atoms with van der Waals surface area (Å²) in [6, 6.07) is 6.78. The van der Waals surface area contributed by atoms with Gasteiger partial charge >= 0.3 is 0 Å². The Balaban J connectivity index is 1.86. The molecule has 1 aromatic rings. The first-order valence-electron chi connectivity index (χ1n) is 7.53. The molecule has 2 fully saturated rings. The van der Waals surface area contributed by atoms with E-state index in [0.29, 0.717) is 12.1 Å². The van der Waals surface area contributed by atoms with Crippen LogP contribution in [0.4, 0.5) is 0 Å². The highest BCUT2D eigenvalue weighted by Gasteiger charge is 2.44. The number of halogens is 2. The van der Waals surface area contributed by atoms with Gasteiger partial charge in [-0.25, -0.2) is 0 Å². The van der Waals surface area contributed by atoms with Crippen molar-refractivity contribution in [2.75, 3.05) is 19.6 Å². The van der Waals surface area contributed by atoms with Gasteiger partial charge in [-0.05, 0) is 62.0 Å². The van der Waals surface area contributed by atoms with Crippen molar-refractivity contribution in [1.82, 2.24) is 10.2 Å². The minimum Gasteiger partial charge on any atom is -0.316 e. The third kappa shape index (κ3) is 2.48. The number of hydrogen-bond donors (Lipinski definition) is 1. The van der Waals surface area contributed by atoms with Crippen LogP contribution in [0, 0.1) is 11.8 Å². The summed E-state index contributed by atoms with van der Waals surface area (Å²) >= 11 is 12.5. The van der Waals surface area contributed by atoms with Gasteiger partial charge in [-0.2, -0.15) is 0 Å². The van der Waals surface area contributed by atoms with Crippen LogP contribution in [0.15, 0.2) is 18.2 Å². The zero-order valence-electron chi connectivity index (χ0n) is 12.1. The third-order valence-corrected chi connectivity index (χ3v) is 5.66. The SMILES string of the molecule is CCC1C2CNCC2CN1C(C)c1cc(Cl)ccc1Cl. The lowest BCUT2D eigenvalue weighted by atomic mass is 9.92. The molecule has 2 aliphatic heterocycles. The molecule has 20 heavy (non-hydrogen) atoms. The van der Waals surface area contributed by atoms with Crippen LogP contribution in [-0.2, 0) is 0 Å². The van der Waals surface area contributed by atoms with Crippen molar-refractivity contribution in [3.63, 3.8) is 0 Å². The Morgan fingerprint density at radius 2 is 2.15 bits per heavy atom. The predicted octanol–water partition coefficient (Wildman–Crippen LogP) is 3.98. The Morgan fingerprint density at radius 1 is 1.35 bits per heavy atom. The van der Waals surface area contributed by atoms with Gasteiger partial charge in [-0.1, -0.05) is 30.1 Å². The molecule has 110 valence electrons. The van der Waals surface area contributed by atoms with Crippen LogP contribution in [-0.4, -0.2) is 30.6 Å². The van der Waals surface area contributed by atoms with Gasteiger partial charge in [0.2, 0.25) is 0 Å². The average molecular weight is 313 g/mol. The summed E-state index contributed by atoms with van der Waals surface area (Å²) in [5.41, 5.74) is 1.16. The molecule has 0 amide bonds. The zero-order chi connectivity index (χ0) is 14.3. The molecular weight excluding hydrogens is 291 g/mol. The summed E-state index contributed by atoms with van der Waals surface area (Å²) in [5, 5.41) is 5.13. The van der Waals surface area contributed by atoms with E-state index in [1.54, 1.807) is 0 Å². The van der Waals surface area contributed by atoms with Crippen LogP contribution in [0.5, 0.6) is 0 Å². The van der Waals surface area contributed by atoms with Crippen LogP contribution in [0.1, 0.15) is 31.9 Å². The minimum absolute atomic E-state index is 0.330. The fourth-order valence-electron chi connectivity index (χ4n) is 4.05. The number of hydrogen-bond acceptors (Lipinski definition) is 2. The fourth-order valence-corrected chi connectivity index (χ4v) is 4.51. The second-order valence-electron chi connectivity index (χ2n) is 6.10. The molecule has 0 aliphatic carbocycles. The van der Waals surface area contributed by atoms with Crippen LogP contribution >= 0.6 is 23.2 Å². The molecule has 1 aromatic carbocycles.